The summed E-state index contributed by atoms with van der Waals surface area (Å²) >= 11 is 3.42. The van der Waals surface area contributed by atoms with Crippen LogP contribution < -0.4 is 15.0 Å². The Morgan fingerprint density at radius 1 is 1.25 bits per heavy atom. The minimum Gasteiger partial charge on any atom is -0.467 e. The van der Waals surface area contributed by atoms with Crippen molar-refractivity contribution in [1.82, 2.24) is 5.32 Å². The SMILES string of the molecule is CC12CC(NC(=O)N1c1ccc(F)c(F)c1)c1cc(Br)ccc1O2. The molecule has 2 aromatic rings. The first-order chi connectivity index (χ1) is 11.4. The van der Waals surface area contributed by atoms with Crippen molar-refractivity contribution in [2.45, 2.75) is 25.1 Å². The van der Waals surface area contributed by atoms with Crippen LogP contribution in [0.3, 0.4) is 0 Å². The summed E-state index contributed by atoms with van der Waals surface area (Å²) in [6.45, 7) is 1.77. The Kier molecular flexibility index (Phi) is 3.32. The van der Waals surface area contributed by atoms with Gasteiger partial charge in [-0.3, -0.25) is 4.90 Å². The number of carbonyl (C=O) groups is 1. The average molecular weight is 395 g/mol. The van der Waals surface area contributed by atoms with Crippen LogP contribution in [0, 0.1) is 11.6 Å². The number of carbonyl (C=O) groups excluding carboxylic acids is 1. The largest absolute Gasteiger partial charge is 0.467 e. The van der Waals surface area contributed by atoms with E-state index >= 15 is 0 Å². The Labute approximate surface area is 145 Å². The van der Waals surface area contributed by atoms with Crippen molar-refractivity contribution in [3.8, 4) is 5.75 Å². The maximum atomic E-state index is 13.6. The van der Waals surface area contributed by atoms with E-state index in [4.69, 9.17) is 4.74 Å². The van der Waals surface area contributed by atoms with Crippen molar-refractivity contribution in [3.05, 3.63) is 58.1 Å². The van der Waals surface area contributed by atoms with E-state index in [1.54, 1.807) is 6.92 Å². The fraction of sp³-hybridized carbons (Fsp3) is 0.235. The number of nitrogens with zero attached hydrogens (tertiary/aromatic N) is 1. The molecule has 2 bridgehead atoms. The van der Waals surface area contributed by atoms with Gasteiger partial charge in [-0.2, -0.15) is 0 Å². The molecule has 7 heteroatoms. The lowest BCUT2D eigenvalue weighted by Gasteiger charge is -2.50. The quantitative estimate of drug-likeness (QED) is 0.773. The fourth-order valence-corrected chi connectivity index (χ4v) is 3.74. The van der Waals surface area contributed by atoms with Crippen LogP contribution in [0.1, 0.15) is 24.9 Å². The van der Waals surface area contributed by atoms with Crippen LogP contribution in [0.25, 0.3) is 0 Å². The lowest BCUT2D eigenvalue weighted by Crippen LogP contribution is -2.65. The molecular formula is C17H13BrF2N2O2. The molecule has 4 nitrogen and oxygen atoms in total. The molecule has 2 aliphatic heterocycles. The standard InChI is InChI=1S/C17H13BrF2N2O2/c1-17-8-14(11-6-9(18)2-5-15(11)24-17)21-16(23)22(17)10-3-4-12(19)13(20)7-10/h2-7,14H,8H2,1H3,(H,21,23). The monoisotopic (exact) mass is 394 g/mol. The Hall–Kier alpha value is -2.15. The van der Waals surface area contributed by atoms with E-state index in [1.807, 2.05) is 18.2 Å². The maximum Gasteiger partial charge on any atom is 0.325 e. The molecule has 2 atom stereocenters. The summed E-state index contributed by atoms with van der Waals surface area (Å²) in [6, 6.07) is 8.34. The van der Waals surface area contributed by atoms with Crippen molar-refractivity contribution in [1.29, 1.82) is 0 Å². The zero-order valence-corrected chi connectivity index (χ0v) is 14.2. The fourth-order valence-electron chi connectivity index (χ4n) is 3.36. The van der Waals surface area contributed by atoms with Gasteiger partial charge in [0, 0.05) is 22.5 Å². The van der Waals surface area contributed by atoms with Crippen molar-refractivity contribution >= 4 is 27.6 Å². The predicted molar refractivity (Wildman–Crippen MR) is 87.9 cm³/mol. The number of urea groups is 1. The molecule has 1 N–H and O–H groups in total. The van der Waals surface area contributed by atoms with E-state index in [9.17, 15) is 13.6 Å². The molecule has 0 radical (unpaired) electrons. The summed E-state index contributed by atoms with van der Waals surface area (Å²) in [5.41, 5.74) is 0.144. The highest BCUT2D eigenvalue weighted by Crippen LogP contribution is 2.46. The second-order valence-corrected chi connectivity index (χ2v) is 7.01. The van der Waals surface area contributed by atoms with Crippen LogP contribution in [-0.4, -0.2) is 11.8 Å². The molecule has 2 aromatic carbocycles. The summed E-state index contributed by atoms with van der Waals surface area (Å²) in [5.74, 6) is -1.31. The molecule has 4 rings (SSSR count). The number of halogens is 3. The normalized spacial score (nSPS) is 24.9. The van der Waals surface area contributed by atoms with E-state index < -0.39 is 23.4 Å². The molecule has 1 saturated heterocycles. The van der Waals surface area contributed by atoms with Gasteiger partial charge in [-0.1, -0.05) is 15.9 Å². The van der Waals surface area contributed by atoms with Crippen molar-refractivity contribution in [3.63, 3.8) is 0 Å². The number of hydrogen-bond acceptors (Lipinski definition) is 2. The van der Waals surface area contributed by atoms with Gasteiger partial charge < -0.3 is 10.1 Å². The van der Waals surface area contributed by atoms with Gasteiger partial charge in [-0.05, 0) is 37.3 Å². The number of fused-ring (bicyclic) bond motifs is 4. The molecule has 0 saturated carbocycles. The second kappa shape index (κ2) is 5.17. The number of anilines is 1. The third kappa shape index (κ3) is 2.26. The van der Waals surface area contributed by atoms with Crippen LogP contribution in [0.15, 0.2) is 40.9 Å². The highest BCUT2D eigenvalue weighted by Gasteiger charge is 2.50. The zero-order chi connectivity index (χ0) is 17.1. The first-order valence-electron chi connectivity index (χ1n) is 7.42. The molecule has 2 heterocycles. The van der Waals surface area contributed by atoms with Crippen molar-refractivity contribution in [2.24, 2.45) is 0 Å². The van der Waals surface area contributed by atoms with E-state index in [-0.39, 0.29) is 11.7 Å². The minimum atomic E-state index is -1.01. The molecule has 2 amide bonds. The van der Waals surface area contributed by atoms with Gasteiger partial charge in [0.25, 0.3) is 0 Å². The van der Waals surface area contributed by atoms with Gasteiger partial charge in [-0.15, -0.1) is 0 Å². The molecule has 124 valence electrons. The van der Waals surface area contributed by atoms with Crippen LogP contribution in [0.4, 0.5) is 19.3 Å². The molecule has 1 fully saturated rings. The van der Waals surface area contributed by atoms with Gasteiger partial charge in [-0.25, -0.2) is 13.6 Å². The van der Waals surface area contributed by atoms with Gasteiger partial charge in [0.1, 0.15) is 5.75 Å². The number of ether oxygens (including phenoxy) is 1. The van der Waals surface area contributed by atoms with Crippen LogP contribution in [0.5, 0.6) is 5.75 Å². The molecular weight excluding hydrogens is 382 g/mol. The lowest BCUT2D eigenvalue weighted by atomic mass is 9.90. The smallest absolute Gasteiger partial charge is 0.325 e. The number of nitrogens with one attached hydrogen (secondary N) is 1. The van der Waals surface area contributed by atoms with E-state index in [0.717, 1.165) is 22.2 Å². The summed E-state index contributed by atoms with van der Waals surface area (Å²) in [6.07, 6.45) is 0.487. The summed E-state index contributed by atoms with van der Waals surface area (Å²) in [5, 5.41) is 2.91. The number of hydrogen-bond donors (Lipinski definition) is 1. The third-order valence-electron chi connectivity index (χ3n) is 4.40. The second-order valence-electron chi connectivity index (χ2n) is 6.10. The van der Waals surface area contributed by atoms with Crippen LogP contribution >= 0.6 is 15.9 Å². The molecule has 0 aromatic heterocycles. The summed E-state index contributed by atoms with van der Waals surface area (Å²) < 4.78 is 33.8. The number of rotatable bonds is 1. The van der Waals surface area contributed by atoms with Crippen molar-refractivity contribution in [2.75, 3.05) is 4.90 Å². The molecule has 0 spiro atoms. The molecule has 24 heavy (non-hydrogen) atoms. The third-order valence-corrected chi connectivity index (χ3v) is 4.89. The Bertz CT molecular complexity index is 860. The summed E-state index contributed by atoms with van der Waals surface area (Å²) in [4.78, 5) is 13.9. The van der Waals surface area contributed by atoms with Crippen LogP contribution in [0.2, 0.25) is 0 Å². The predicted octanol–water partition coefficient (Wildman–Crippen LogP) is 4.50. The molecule has 2 aliphatic rings. The maximum absolute atomic E-state index is 13.6. The van der Waals surface area contributed by atoms with E-state index in [1.165, 1.54) is 11.0 Å². The van der Waals surface area contributed by atoms with E-state index in [2.05, 4.69) is 21.2 Å². The first kappa shape index (κ1) is 15.4. The first-order valence-corrected chi connectivity index (χ1v) is 8.21. The van der Waals surface area contributed by atoms with Gasteiger partial charge in [0.05, 0.1) is 11.7 Å². The molecule has 2 unspecified atom stereocenters. The highest BCUT2D eigenvalue weighted by molar-refractivity contribution is 9.10. The zero-order valence-electron chi connectivity index (χ0n) is 12.6. The highest BCUT2D eigenvalue weighted by atomic mass is 79.9. The average Bonchev–Trinajstić information content (AvgIpc) is 2.51. The van der Waals surface area contributed by atoms with Gasteiger partial charge in [0.2, 0.25) is 0 Å². The number of benzene rings is 2. The topological polar surface area (TPSA) is 41.6 Å². The van der Waals surface area contributed by atoms with Crippen molar-refractivity contribution < 1.29 is 18.3 Å². The van der Waals surface area contributed by atoms with E-state index in [0.29, 0.717) is 12.2 Å². The summed E-state index contributed by atoms with van der Waals surface area (Å²) in [7, 11) is 0. The Morgan fingerprint density at radius 2 is 2.04 bits per heavy atom. The lowest BCUT2D eigenvalue weighted by molar-refractivity contribution is 0.0378. The Balaban J connectivity index is 1.80. The van der Waals surface area contributed by atoms with Gasteiger partial charge in [0.15, 0.2) is 17.4 Å². The molecule has 0 aliphatic carbocycles. The Morgan fingerprint density at radius 3 is 2.79 bits per heavy atom. The number of amides is 2. The minimum absolute atomic E-state index is 0.203. The van der Waals surface area contributed by atoms with Crippen LogP contribution in [-0.2, 0) is 0 Å². The van der Waals surface area contributed by atoms with Gasteiger partial charge >= 0.3 is 6.03 Å².